The van der Waals surface area contributed by atoms with Gasteiger partial charge in [-0.25, -0.2) is 0 Å². The Morgan fingerprint density at radius 1 is 1.12 bits per heavy atom. The van der Waals surface area contributed by atoms with Crippen LogP contribution in [0.15, 0.2) is 53.7 Å². The lowest BCUT2D eigenvalue weighted by Crippen LogP contribution is -2.32. The molecule has 5 heteroatoms. The molecule has 0 atom stereocenters. The predicted molar refractivity (Wildman–Crippen MR) is 100 cm³/mol. The normalized spacial score (nSPS) is 10.7. The Balaban J connectivity index is 2.18. The van der Waals surface area contributed by atoms with Gasteiger partial charge in [-0.05, 0) is 38.5 Å². The summed E-state index contributed by atoms with van der Waals surface area (Å²) in [5.74, 6) is 0.615. The van der Waals surface area contributed by atoms with Crippen molar-refractivity contribution < 1.29 is 14.4 Å². The Morgan fingerprint density at radius 3 is 2.56 bits per heavy atom. The second-order valence-corrected chi connectivity index (χ2v) is 5.42. The number of benzene rings is 2. The molecule has 0 spiro atoms. The number of ether oxygens (including phenoxy) is 1. The van der Waals surface area contributed by atoms with Crippen LogP contribution in [0.2, 0.25) is 0 Å². The Labute approximate surface area is 148 Å². The average molecular weight is 340 g/mol. The molecule has 2 aromatic carbocycles. The number of hydrogen-bond donors (Lipinski definition) is 0. The summed E-state index contributed by atoms with van der Waals surface area (Å²) in [5.41, 5.74) is 2.82. The molecule has 2 aromatic rings. The third-order valence-electron chi connectivity index (χ3n) is 3.71. The zero-order chi connectivity index (χ0) is 18.1. The first kappa shape index (κ1) is 18.5. The van der Waals surface area contributed by atoms with E-state index in [0.29, 0.717) is 19.8 Å². The van der Waals surface area contributed by atoms with Crippen LogP contribution in [0.5, 0.6) is 5.75 Å². The molecule has 132 valence electrons. The molecule has 0 radical (unpaired) electrons. The van der Waals surface area contributed by atoms with Crippen LogP contribution in [0.4, 0.5) is 5.69 Å². The van der Waals surface area contributed by atoms with E-state index in [9.17, 15) is 4.79 Å². The van der Waals surface area contributed by atoms with Crippen LogP contribution in [0.3, 0.4) is 0 Å². The van der Waals surface area contributed by atoms with Crippen molar-refractivity contribution in [2.24, 2.45) is 5.16 Å². The molecule has 0 unspecified atom stereocenters. The highest BCUT2D eigenvalue weighted by atomic mass is 16.6. The van der Waals surface area contributed by atoms with E-state index in [4.69, 9.17) is 9.57 Å². The molecule has 1 amide bonds. The van der Waals surface area contributed by atoms with Gasteiger partial charge in [0.25, 0.3) is 5.91 Å². The van der Waals surface area contributed by atoms with Crippen LogP contribution in [-0.2, 0) is 16.2 Å². The largest absolute Gasteiger partial charge is 0.489 e. The molecule has 0 heterocycles. The second kappa shape index (κ2) is 9.47. The van der Waals surface area contributed by atoms with Gasteiger partial charge < -0.3 is 14.5 Å². The number of carbonyl (C=O) groups is 1. The highest BCUT2D eigenvalue weighted by Gasteiger charge is 2.16. The fourth-order valence-corrected chi connectivity index (χ4v) is 2.44. The zero-order valence-corrected chi connectivity index (χ0v) is 14.9. The standard InChI is InChI=1S/C20H24N2O3/c1-4-22(20(23)14-21-25-5-2)18-12-8-7-11-17(18)15-24-19-13-9-6-10-16(19)3/h6-14H,4-5,15H2,1-3H3. The van der Waals surface area contributed by atoms with E-state index in [-0.39, 0.29) is 5.91 Å². The van der Waals surface area contributed by atoms with Gasteiger partial charge in [-0.15, -0.1) is 0 Å². The van der Waals surface area contributed by atoms with Gasteiger partial charge in [0.2, 0.25) is 0 Å². The number of oxime groups is 1. The lowest BCUT2D eigenvalue weighted by atomic mass is 10.1. The summed E-state index contributed by atoms with van der Waals surface area (Å²) >= 11 is 0. The van der Waals surface area contributed by atoms with Crippen molar-refractivity contribution in [3.63, 3.8) is 0 Å². The van der Waals surface area contributed by atoms with Gasteiger partial charge in [0.05, 0.1) is 5.69 Å². The molecule has 2 rings (SSSR count). The Hall–Kier alpha value is -2.82. The second-order valence-electron chi connectivity index (χ2n) is 5.42. The van der Waals surface area contributed by atoms with Crippen LogP contribution in [0.25, 0.3) is 0 Å². The zero-order valence-electron chi connectivity index (χ0n) is 14.9. The monoisotopic (exact) mass is 340 g/mol. The van der Waals surface area contributed by atoms with Gasteiger partial charge in [0.15, 0.2) is 0 Å². The number of nitrogens with zero attached hydrogens (tertiary/aromatic N) is 2. The molecule has 0 aromatic heterocycles. The average Bonchev–Trinajstić information content (AvgIpc) is 2.63. The van der Waals surface area contributed by atoms with Crippen LogP contribution in [0, 0.1) is 6.92 Å². The van der Waals surface area contributed by atoms with E-state index in [1.165, 1.54) is 6.21 Å². The fourth-order valence-electron chi connectivity index (χ4n) is 2.44. The first-order chi connectivity index (χ1) is 12.2. The molecule has 0 aliphatic rings. The van der Waals surface area contributed by atoms with Gasteiger partial charge >= 0.3 is 0 Å². The summed E-state index contributed by atoms with van der Waals surface area (Å²) in [6.07, 6.45) is 1.20. The lowest BCUT2D eigenvalue weighted by Gasteiger charge is -2.22. The molecule has 0 aliphatic heterocycles. The maximum Gasteiger partial charge on any atom is 0.272 e. The Kier molecular flexibility index (Phi) is 7.01. The van der Waals surface area contributed by atoms with Crippen LogP contribution in [-0.4, -0.2) is 25.3 Å². The minimum absolute atomic E-state index is 0.223. The number of rotatable bonds is 8. The summed E-state index contributed by atoms with van der Waals surface area (Å²) in [4.78, 5) is 18.9. The van der Waals surface area contributed by atoms with Crippen molar-refractivity contribution in [1.29, 1.82) is 0 Å². The fraction of sp³-hybridized carbons (Fsp3) is 0.300. The maximum atomic E-state index is 12.4. The van der Waals surface area contributed by atoms with Crippen molar-refractivity contribution in [2.75, 3.05) is 18.1 Å². The summed E-state index contributed by atoms with van der Waals surface area (Å²) in [6, 6.07) is 15.6. The number of aryl methyl sites for hydroxylation is 1. The van der Waals surface area contributed by atoms with Crippen LogP contribution in [0.1, 0.15) is 25.0 Å². The smallest absolute Gasteiger partial charge is 0.272 e. The molecule has 0 aliphatic carbocycles. The molecule has 0 bridgehead atoms. The van der Waals surface area contributed by atoms with Crippen LogP contribution < -0.4 is 9.64 Å². The van der Waals surface area contributed by atoms with Gasteiger partial charge in [0, 0.05) is 12.1 Å². The molecule has 5 nitrogen and oxygen atoms in total. The third-order valence-corrected chi connectivity index (χ3v) is 3.71. The molecular weight excluding hydrogens is 316 g/mol. The van der Waals surface area contributed by atoms with Gasteiger partial charge in [0.1, 0.15) is 25.2 Å². The van der Waals surface area contributed by atoms with E-state index in [0.717, 1.165) is 22.6 Å². The minimum Gasteiger partial charge on any atom is -0.489 e. The first-order valence-corrected chi connectivity index (χ1v) is 8.40. The molecule has 25 heavy (non-hydrogen) atoms. The van der Waals surface area contributed by atoms with Gasteiger partial charge in [-0.1, -0.05) is 41.6 Å². The van der Waals surface area contributed by atoms with Gasteiger partial charge in [-0.3, -0.25) is 4.79 Å². The van der Waals surface area contributed by atoms with Crippen molar-refractivity contribution in [1.82, 2.24) is 0 Å². The quantitative estimate of drug-likeness (QED) is 0.540. The van der Waals surface area contributed by atoms with E-state index >= 15 is 0 Å². The van der Waals surface area contributed by atoms with Crippen molar-refractivity contribution in [3.8, 4) is 5.75 Å². The third kappa shape index (κ3) is 5.08. The van der Waals surface area contributed by atoms with Crippen molar-refractivity contribution in [3.05, 3.63) is 59.7 Å². The first-order valence-electron chi connectivity index (χ1n) is 8.40. The summed E-state index contributed by atoms with van der Waals surface area (Å²) < 4.78 is 5.94. The number of carbonyl (C=O) groups excluding carboxylic acids is 1. The SMILES string of the molecule is CCON=CC(=O)N(CC)c1ccccc1COc1ccccc1C. The van der Waals surface area contributed by atoms with Gasteiger partial charge in [-0.2, -0.15) is 0 Å². The highest BCUT2D eigenvalue weighted by Crippen LogP contribution is 2.24. The highest BCUT2D eigenvalue weighted by molar-refractivity contribution is 6.32. The number of anilines is 1. The minimum atomic E-state index is -0.223. The summed E-state index contributed by atoms with van der Waals surface area (Å²) in [5, 5.41) is 3.67. The summed E-state index contributed by atoms with van der Waals surface area (Å²) in [7, 11) is 0. The van der Waals surface area contributed by atoms with E-state index in [1.54, 1.807) is 4.90 Å². The molecule has 0 saturated heterocycles. The maximum absolute atomic E-state index is 12.4. The van der Waals surface area contributed by atoms with E-state index < -0.39 is 0 Å². The topological polar surface area (TPSA) is 51.1 Å². The number of para-hydroxylation sites is 2. The Bertz CT molecular complexity index is 728. The van der Waals surface area contributed by atoms with Crippen LogP contribution >= 0.6 is 0 Å². The molecule has 0 saturated carbocycles. The van der Waals surface area contributed by atoms with Crippen molar-refractivity contribution in [2.45, 2.75) is 27.4 Å². The van der Waals surface area contributed by atoms with Crippen molar-refractivity contribution >= 4 is 17.8 Å². The van der Waals surface area contributed by atoms with E-state index in [1.807, 2.05) is 69.3 Å². The number of amides is 1. The lowest BCUT2D eigenvalue weighted by molar-refractivity contribution is -0.112. The predicted octanol–water partition coefficient (Wildman–Crippen LogP) is 3.95. The number of hydrogen-bond acceptors (Lipinski definition) is 4. The molecule has 0 N–H and O–H groups in total. The Morgan fingerprint density at radius 2 is 1.84 bits per heavy atom. The molecular formula is C20H24N2O3. The van der Waals surface area contributed by atoms with E-state index in [2.05, 4.69) is 5.16 Å². The molecule has 0 fully saturated rings. The summed E-state index contributed by atoms with van der Waals surface area (Å²) in [6.45, 7) is 7.08.